The lowest BCUT2D eigenvalue weighted by Crippen LogP contribution is -2.50. The highest BCUT2D eigenvalue weighted by atomic mass is 16.5. The van der Waals surface area contributed by atoms with Crippen LogP contribution in [0.1, 0.15) is 19.8 Å². The first-order valence-electron chi connectivity index (χ1n) is 6.20. The molecule has 1 fully saturated rings. The topological polar surface area (TPSA) is 70.1 Å². The second-order valence-corrected chi connectivity index (χ2v) is 4.79. The molecule has 0 aromatic carbocycles. The van der Waals surface area contributed by atoms with E-state index in [0.717, 1.165) is 19.4 Å². The lowest BCUT2D eigenvalue weighted by atomic mass is 9.98. The molecule has 2 amide bonds. The molecule has 18 heavy (non-hydrogen) atoms. The first kappa shape index (κ1) is 14.8. The molecule has 1 atom stereocenters. The summed E-state index contributed by atoms with van der Waals surface area (Å²) < 4.78 is 5.10. The summed E-state index contributed by atoms with van der Waals surface area (Å²) in [5, 5.41) is 8.88. The SMILES string of the molecule is COCC1CCN(C(=O)N(C)C(C)C(=O)O)CC1. The van der Waals surface area contributed by atoms with Crippen molar-refractivity contribution in [3.8, 4) is 0 Å². The van der Waals surface area contributed by atoms with Gasteiger partial charge in [0.2, 0.25) is 0 Å². The summed E-state index contributed by atoms with van der Waals surface area (Å²) in [6.45, 7) is 3.58. The number of likely N-dealkylation sites (N-methyl/N-ethyl adjacent to an activating group) is 1. The molecule has 1 heterocycles. The van der Waals surface area contributed by atoms with E-state index < -0.39 is 12.0 Å². The highest BCUT2D eigenvalue weighted by Gasteiger charge is 2.28. The number of ether oxygens (including phenoxy) is 1. The smallest absolute Gasteiger partial charge is 0.326 e. The van der Waals surface area contributed by atoms with Gasteiger partial charge in [-0.2, -0.15) is 0 Å². The van der Waals surface area contributed by atoms with Crippen molar-refractivity contribution in [3.63, 3.8) is 0 Å². The minimum atomic E-state index is -0.986. The van der Waals surface area contributed by atoms with Crippen molar-refractivity contribution >= 4 is 12.0 Å². The normalized spacial score (nSPS) is 18.5. The number of urea groups is 1. The van der Waals surface area contributed by atoms with Gasteiger partial charge >= 0.3 is 12.0 Å². The number of hydrogen-bond acceptors (Lipinski definition) is 3. The average Bonchev–Trinajstić information content (AvgIpc) is 2.37. The van der Waals surface area contributed by atoms with Gasteiger partial charge in [-0.15, -0.1) is 0 Å². The molecule has 1 aliphatic heterocycles. The molecule has 6 nitrogen and oxygen atoms in total. The molecule has 0 aromatic rings. The Hall–Kier alpha value is -1.30. The van der Waals surface area contributed by atoms with Crippen LogP contribution in [-0.2, 0) is 9.53 Å². The predicted octanol–water partition coefficient (Wildman–Crippen LogP) is 0.870. The first-order chi connectivity index (χ1) is 8.47. The Bertz CT molecular complexity index is 300. The molecule has 0 radical (unpaired) electrons. The van der Waals surface area contributed by atoms with E-state index in [-0.39, 0.29) is 6.03 Å². The zero-order valence-electron chi connectivity index (χ0n) is 11.3. The lowest BCUT2D eigenvalue weighted by Gasteiger charge is -2.35. The van der Waals surface area contributed by atoms with E-state index >= 15 is 0 Å². The van der Waals surface area contributed by atoms with E-state index in [0.29, 0.717) is 19.0 Å². The summed E-state index contributed by atoms with van der Waals surface area (Å²) in [4.78, 5) is 25.9. The second-order valence-electron chi connectivity index (χ2n) is 4.79. The summed E-state index contributed by atoms with van der Waals surface area (Å²) in [5.41, 5.74) is 0. The standard InChI is InChI=1S/C12H22N2O4/c1-9(11(15)16)13(2)12(17)14-6-4-10(5-7-14)8-18-3/h9-10H,4-8H2,1-3H3,(H,15,16). The molecule has 1 aliphatic rings. The van der Waals surface area contributed by atoms with Gasteiger partial charge in [-0.1, -0.05) is 0 Å². The molecule has 0 saturated carbocycles. The maximum absolute atomic E-state index is 12.1. The Kier molecular flexibility index (Phi) is 5.40. The second kappa shape index (κ2) is 6.58. The van der Waals surface area contributed by atoms with Gasteiger partial charge in [-0.3, -0.25) is 0 Å². The molecule has 104 valence electrons. The molecule has 1 N–H and O–H groups in total. The summed E-state index contributed by atoms with van der Waals surface area (Å²) in [6.07, 6.45) is 1.82. The van der Waals surface area contributed by atoms with Crippen molar-refractivity contribution in [2.75, 3.05) is 33.9 Å². The van der Waals surface area contributed by atoms with Crippen molar-refractivity contribution in [1.29, 1.82) is 0 Å². The molecule has 1 unspecified atom stereocenters. The van der Waals surface area contributed by atoms with Crippen molar-refractivity contribution in [2.45, 2.75) is 25.8 Å². The number of hydrogen-bond donors (Lipinski definition) is 1. The Labute approximate surface area is 107 Å². The van der Waals surface area contributed by atoms with Gasteiger partial charge in [0, 0.05) is 33.9 Å². The third-order valence-electron chi connectivity index (χ3n) is 3.53. The fourth-order valence-electron chi connectivity index (χ4n) is 2.08. The van der Waals surface area contributed by atoms with Crippen LogP contribution >= 0.6 is 0 Å². The largest absolute Gasteiger partial charge is 0.480 e. The number of likely N-dealkylation sites (tertiary alicyclic amines) is 1. The van der Waals surface area contributed by atoms with Crippen molar-refractivity contribution < 1.29 is 19.4 Å². The van der Waals surface area contributed by atoms with Gasteiger partial charge in [0.1, 0.15) is 6.04 Å². The Balaban J connectivity index is 2.47. The molecule has 0 aliphatic carbocycles. The number of nitrogens with zero attached hydrogens (tertiary/aromatic N) is 2. The minimum absolute atomic E-state index is 0.208. The van der Waals surface area contributed by atoms with E-state index in [1.807, 2.05) is 0 Å². The zero-order valence-corrected chi connectivity index (χ0v) is 11.3. The quantitative estimate of drug-likeness (QED) is 0.812. The Morgan fingerprint density at radius 2 is 2.00 bits per heavy atom. The number of piperidine rings is 1. The fourth-order valence-corrected chi connectivity index (χ4v) is 2.08. The number of carboxylic acids is 1. The van der Waals surface area contributed by atoms with Crippen molar-refractivity contribution in [2.24, 2.45) is 5.92 Å². The summed E-state index contributed by atoms with van der Waals surface area (Å²) in [6, 6.07) is -1.00. The van der Waals surface area contributed by atoms with Crippen LogP contribution in [0.15, 0.2) is 0 Å². The third kappa shape index (κ3) is 3.60. The lowest BCUT2D eigenvalue weighted by molar-refractivity contribution is -0.141. The highest BCUT2D eigenvalue weighted by molar-refractivity contribution is 5.82. The summed E-state index contributed by atoms with van der Waals surface area (Å²) >= 11 is 0. The maximum atomic E-state index is 12.1. The third-order valence-corrected chi connectivity index (χ3v) is 3.53. The van der Waals surface area contributed by atoms with Gasteiger partial charge in [-0.25, -0.2) is 9.59 Å². The average molecular weight is 258 g/mol. The van der Waals surface area contributed by atoms with E-state index in [2.05, 4.69) is 0 Å². The van der Waals surface area contributed by atoms with Gasteiger partial charge in [0.05, 0.1) is 0 Å². The van der Waals surface area contributed by atoms with E-state index in [1.54, 1.807) is 12.0 Å². The van der Waals surface area contributed by atoms with E-state index in [4.69, 9.17) is 9.84 Å². The number of carbonyl (C=O) groups is 2. The number of aliphatic carboxylic acids is 1. The van der Waals surface area contributed by atoms with Crippen LogP contribution in [0.4, 0.5) is 4.79 Å². The van der Waals surface area contributed by atoms with E-state index in [1.165, 1.54) is 18.9 Å². The van der Waals surface area contributed by atoms with Crippen LogP contribution in [0.5, 0.6) is 0 Å². The molecule has 0 spiro atoms. The molecular formula is C12H22N2O4. The van der Waals surface area contributed by atoms with Crippen LogP contribution in [-0.4, -0.2) is 66.8 Å². The molecule has 1 saturated heterocycles. The molecule has 0 bridgehead atoms. The Morgan fingerprint density at radius 1 is 1.44 bits per heavy atom. The number of amides is 2. The first-order valence-corrected chi connectivity index (χ1v) is 6.20. The van der Waals surface area contributed by atoms with Crippen LogP contribution in [0, 0.1) is 5.92 Å². The molecule has 6 heteroatoms. The zero-order chi connectivity index (χ0) is 13.7. The maximum Gasteiger partial charge on any atom is 0.326 e. The van der Waals surface area contributed by atoms with Crippen LogP contribution in [0.3, 0.4) is 0 Å². The van der Waals surface area contributed by atoms with Gasteiger partial charge in [0.25, 0.3) is 0 Å². The Morgan fingerprint density at radius 3 is 2.44 bits per heavy atom. The molecule has 1 rings (SSSR count). The fraction of sp³-hybridized carbons (Fsp3) is 0.833. The number of methoxy groups -OCH3 is 1. The van der Waals surface area contributed by atoms with Gasteiger partial charge < -0.3 is 19.6 Å². The number of rotatable bonds is 4. The van der Waals surface area contributed by atoms with Gasteiger partial charge in [0.15, 0.2) is 0 Å². The number of carbonyl (C=O) groups excluding carboxylic acids is 1. The summed E-state index contributed by atoms with van der Waals surface area (Å²) in [5.74, 6) is -0.485. The molecular weight excluding hydrogens is 236 g/mol. The van der Waals surface area contributed by atoms with Crippen LogP contribution < -0.4 is 0 Å². The van der Waals surface area contributed by atoms with Crippen molar-refractivity contribution in [3.05, 3.63) is 0 Å². The monoisotopic (exact) mass is 258 g/mol. The van der Waals surface area contributed by atoms with Crippen molar-refractivity contribution in [1.82, 2.24) is 9.80 Å². The summed E-state index contributed by atoms with van der Waals surface area (Å²) in [7, 11) is 3.21. The predicted molar refractivity (Wildman–Crippen MR) is 66.4 cm³/mol. The van der Waals surface area contributed by atoms with Crippen LogP contribution in [0.2, 0.25) is 0 Å². The van der Waals surface area contributed by atoms with Gasteiger partial charge in [-0.05, 0) is 25.7 Å². The number of carboxylic acid groups (broad SMARTS) is 1. The van der Waals surface area contributed by atoms with Crippen LogP contribution in [0.25, 0.3) is 0 Å². The molecule has 0 aromatic heterocycles. The highest BCUT2D eigenvalue weighted by Crippen LogP contribution is 2.18. The minimum Gasteiger partial charge on any atom is -0.480 e. The van der Waals surface area contributed by atoms with E-state index in [9.17, 15) is 9.59 Å².